The standard InChI is InChI=1S/C15H15NOS/c1-11(14-5-3-4-10-16-14)15(17)12-6-8-13(18-2)9-7-12/h3-11H,1-2H3. The molecule has 1 aromatic heterocycles. The van der Waals surface area contributed by atoms with Crippen molar-refractivity contribution in [2.45, 2.75) is 17.7 Å². The van der Waals surface area contributed by atoms with E-state index in [2.05, 4.69) is 4.98 Å². The van der Waals surface area contributed by atoms with Gasteiger partial charge in [0.05, 0.1) is 11.6 Å². The van der Waals surface area contributed by atoms with Gasteiger partial charge in [-0.1, -0.05) is 18.2 Å². The molecule has 0 fully saturated rings. The summed E-state index contributed by atoms with van der Waals surface area (Å²) < 4.78 is 0. The number of carbonyl (C=O) groups excluding carboxylic acids is 1. The van der Waals surface area contributed by atoms with Crippen LogP contribution in [0, 0.1) is 0 Å². The Morgan fingerprint density at radius 2 is 1.89 bits per heavy atom. The molecule has 0 spiro atoms. The summed E-state index contributed by atoms with van der Waals surface area (Å²) in [5.41, 5.74) is 1.56. The predicted octanol–water partition coefficient (Wildman–Crippen LogP) is 3.79. The summed E-state index contributed by atoms with van der Waals surface area (Å²) in [4.78, 5) is 17.7. The number of carbonyl (C=O) groups is 1. The van der Waals surface area contributed by atoms with E-state index in [0.717, 1.165) is 16.2 Å². The summed E-state index contributed by atoms with van der Waals surface area (Å²) in [7, 11) is 0. The molecule has 1 aromatic carbocycles. The fourth-order valence-electron chi connectivity index (χ4n) is 1.77. The zero-order chi connectivity index (χ0) is 13.0. The maximum Gasteiger partial charge on any atom is 0.171 e. The van der Waals surface area contributed by atoms with Crippen molar-refractivity contribution in [3.05, 3.63) is 59.9 Å². The van der Waals surface area contributed by atoms with Gasteiger partial charge in [0.2, 0.25) is 0 Å². The molecule has 0 N–H and O–H groups in total. The molecule has 18 heavy (non-hydrogen) atoms. The number of hydrogen-bond acceptors (Lipinski definition) is 3. The maximum absolute atomic E-state index is 12.3. The van der Waals surface area contributed by atoms with Gasteiger partial charge in [-0.25, -0.2) is 0 Å². The first-order valence-corrected chi connectivity index (χ1v) is 7.04. The second-order valence-corrected chi connectivity index (χ2v) is 4.95. The number of benzene rings is 1. The van der Waals surface area contributed by atoms with Crippen LogP contribution in [-0.2, 0) is 0 Å². The van der Waals surface area contributed by atoms with Crippen LogP contribution < -0.4 is 0 Å². The van der Waals surface area contributed by atoms with E-state index in [4.69, 9.17) is 0 Å². The van der Waals surface area contributed by atoms with Crippen molar-refractivity contribution >= 4 is 17.5 Å². The van der Waals surface area contributed by atoms with E-state index in [1.165, 1.54) is 0 Å². The van der Waals surface area contributed by atoms with Gasteiger partial charge >= 0.3 is 0 Å². The molecule has 0 bridgehead atoms. The molecule has 92 valence electrons. The number of aromatic nitrogens is 1. The van der Waals surface area contributed by atoms with Crippen molar-refractivity contribution in [3.63, 3.8) is 0 Å². The van der Waals surface area contributed by atoms with Crippen LogP contribution >= 0.6 is 11.8 Å². The Hall–Kier alpha value is -1.61. The lowest BCUT2D eigenvalue weighted by molar-refractivity contribution is 0.0964. The van der Waals surface area contributed by atoms with E-state index in [1.54, 1.807) is 18.0 Å². The van der Waals surface area contributed by atoms with Gasteiger partial charge in [-0.05, 0) is 37.4 Å². The fourth-order valence-corrected chi connectivity index (χ4v) is 2.18. The van der Waals surface area contributed by atoms with E-state index in [1.807, 2.05) is 55.6 Å². The molecule has 2 nitrogen and oxygen atoms in total. The van der Waals surface area contributed by atoms with Crippen LogP contribution in [0.4, 0.5) is 0 Å². The first-order chi connectivity index (χ1) is 8.72. The second kappa shape index (κ2) is 5.83. The first kappa shape index (κ1) is 12.8. The van der Waals surface area contributed by atoms with Crippen molar-refractivity contribution in [1.29, 1.82) is 0 Å². The van der Waals surface area contributed by atoms with Gasteiger partial charge in [0.15, 0.2) is 5.78 Å². The lowest BCUT2D eigenvalue weighted by Crippen LogP contribution is -2.10. The average Bonchev–Trinajstić information content (AvgIpc) is 2.47. The van der Waals surface area contributed by atoms with Crippen molar-refractivity contribution in [2.24, 2.45) is 0 Å². The van der Waals surface area contributed by atoms with Gasteiger partial charge < -0.3 is 0 Å². The third-order valence-electron chi connectivity index (χ3n) is 2.90. The fraction of sp³-hybridized carbons (Fsp3) is 0.200. The number of pyridine rings is 1. The Morgan fingerprint density at radius 1 is 1.17 bits per heavy atom. The van der Waals surface area contributed by atoms with Crippen molar-refractivity contribution < 1.29 is 4.79 Å². The zero-order valence-corrected chi connectivity index (χ0v) is 11.3. The number of nitrogens with zero attached hydrogens (tertiary/aromatic N) is 1. The van der Waals surface area contributed by atoms with Crippen LogP contribution in [0.3, 0.4) is 0 Å². The molecule has 0 saturated heterocycles. The van der Waals surface area contributed by atoms with Crippen molar-refractivity contribution in [3.8, 4) is 0 Å². The Kier molecular flexibility index (Phi) is 4.15. The van der Waals surface area contributed by atoms with Crippen molar-refractivity contribution in [1.82, 2.24) is 4.98 Å². The molecule has 2 rings (SSSR count). The molecule has 0 aliphatic heterocycles. The van der Waals surface area contributed by atoms with E-state index < -0.39 is 0 Å². The Morgan fingerprint density at radius 3 is 2.44 bits per heavy atom. The monoisotopic (exact) mass is 257 g/mol. The Labute approximate surface area is 111 Å². The molecule has 0 radical (unpaired) electrons. The third kappa shape index (κ3) is 2.79. The van der Waals surface area contributed by atoms with Gasteiger partial charge in [0.25, 0.3) is 0 Å². The normalized spacial score (nSPS) is 12.1. The molecular weight excluding hydrogens is 242 g/mol. The van der Waals surface area contributed by atoms with Crippen LogP contribution in [0.25, 0.3) is 0 Å². The summed E-state index contributed by atoms with van der Waals surface area (Å²) in [6.07, 6.45) is 3.74. The highest BCUT2D eigenvalue weighted by atomic mass is 32.2. The number of hydrogen-bond donors (Lipinski definition) is 0. The summed E-state index contributed by atoms with van der Waals surface area (Å²) in [6.45, 7) is 1.90. The van der Waals surface area contributed by atoms with Crippen LogP contribution in [-0.4, -0.2) is 17.0 Å². The Bertz CT molecular complexity index is 522. The molecule has 0 saturated carbocycles. The van der Waals surface area contributed by atoms with Gasteiger partial charge in [0.1, 0.15) is 0 Å². The van der Waals surface area contributed by atoms with E-state index in [0.29, 0.717) is 0 Å². The number of rotatable bonds is 4. The van der Waals surface area contributed by atoms with Gasteiger partial charge in [0, 0.05) is 16.7 Å². The van der Waals surface area contributed by atoms with Crippen LogP contribution in [0.15, 0.2) is 53.6 Å². The van der Waals surface area contributed by atoms with Crippen molar-refractivity contribution in [2.75, 3.05) is 6.26 Å². The largest absolute Gasteiger partial charge is 0.293 e. The third-order valence-corrected chi connectivity index (χ3v) is 3.64. The van der Waals surface area contributed by atoms with E-state index >= 15 is 0 Å². The second-order valence-electron chi connectivity index (χ2n) is 4.07. The first-order valence-electron chi connectivity index (χ1n) is 5.81. The lowest BCUT2D eigenvalue weighted by atomic mass is 9.96. The highest BCUT2D eigenvalue weighted by molar-refractivity contribution is 7.98. The zero-order valence-electron chi connectivity index (χ0n) is 10.5. The summed E-state index contributed by atoms with van der Waals surface area (Å²) in [6, 6.07) is 13.4. The molecule has 1 atom stereocenters. The maximum atomic E-state index is 12.3. The molecular formula is C15H15NOS. The highest BCUT2D eigenvalue weighted by Crippen LogP contribution is 2.21. The minimum absolute atomic E-state index is 0.112. The number of thioether (sulfide) groups is 1. The number of Topliss-reactive ketones (excluding diaryl/α,β-unsaturated/α-hetero) is 1. The minimum atomic E-state index is -0.202. The van der Waals surface area contributed by atoms with Gasteiger partial charge in [-0.15, -0.1) is 11.8 Å². The highest BCUT2D eigenvalue weighted by Gasteiger charge is 2.17. The molecule has 1 unspecified atom stereocenters. The molecule has 0 aliphatic rings. The summed E-state index contributed by atoms with van der Waals surface area (Å²) in [5.74, 6) is -0.0901. The molecule has 2 aromatic rings. The van der Waals surface area contributed by atoms with Gasteiger partial charge in [-0.2, -0.15) is 0 Å². The summed E-state index contributed by atoms with van der Waals surface area (Å²) in [5, 5.41) is 0. The summed E-state index contributed by atoms with van der Waals surface area (Å²) >= 11 is 1.67. The van der Waals surface area contributed by atoms with Crippen LogP contribution in [0.1, 0.15) is 28.9 Å². The topological polar surface area (TPSA) is 30.0 Å². The number of ketones is 1. The van der Waals surface area contributed by atoms with Crippen LogP contribution in [0.5, 0.6) is 0 Å². The quantitative estimate of drug-likeness (QED) is 0.616. The smallest absolute Gasteiger partial charge is 0.171 e. The minimum Gasteiger partial charge on any atom is -0.293 e. The SMILES string of the molecule is CSc1ccc(C(=O)C(C)c2ccccn2)cc1. The molecule has 3 heteroatoms. The molecule has 0 amide bonds. The van der Waals surface area contributed by atoms with E-state index in [9.17, 15) is 4.79 Å². The molecule has 1 heterocycles. The lowest BCUT2D eigenvalue weighted by Gasteiger charge is -2.10. The molecule has 0 aliphatic carbocycles. The van der Waals surface area contributed by atoms with Gasteiger partial charge in [-0.3, -0.25) is 9.78 Å². The predicted molar refractivity (Wildman–Crippen MR) is 75.2 cm³/mol. The van der Waals surface area contributed by atoms with Crippen LogP contribution in [0.2, 0.25) is 0 Å². The average molecular weight is 257 g/mol. The Balaban J connectivity index is 2.20. The van der Waals surface area contributed by atoms with E-state index in [-0.39, 0.29) is 11.7 Å².